The molecule has 0 aliphatic heterocycles. The summed E-state index contributed by atoms with van der Waals surface area (Å²) < 4.78 is 43.4. The first-order valence-corrected chi connectivity index (χ1v) is 13.2. The van der Waals surface area contributed by atoms with Gasteiger partial charge in [-0.1, -0.05) is 39.3 Å². The first-order valence-electron chi connectivity index (χ1n) is 6.35. The van der Waals surface area contributed by atoms with E-state index in [2.05, 4.69) is 48.2 Å². The Morgan fingerprint density at radius 2 is 1.30 bits per heavy atom. The van der Waals surface area contributed by atoms with Gasteiger partial charge in [0, 0.05) is 5.70 Å². The van der Waals surface area contributed by atoms with Gasteiger partial charge in [0.15, 0.2) is 0 Å². The van der Waals surface area contributed by atoms with Gasteiger partial charge in [-0.25, -0.2) is 4.79 Å². The second-order valence-electron chi connectivity index (χ2n) is 6.71. The monoisotopic (exact) mass is 327 g/mol. The Labute approximate surface area is 121 Å². The highest BCUT2D eigenvalue weighted by molar-refractivity contribution is 6.90. The van der Waals surface area contributed by atoms with E-state index in [-0.39, 0.29) is 5.76 Å². The van der Waals surface area contributed by atoms with Crippen molar-refractivity contribution in [3.05, 3.63) is 11.5 Å². The number of hydrogen-bond acceptors (Lipinski definition) is 3. The fourth-order valence-corrected chi connectivity index (χ4v) is 12.8. The molecule has 0 spiro atoms. The van der Waals surface area contributed by atoms with E-state index in [1.54, 1.807) is 6.92 Å². The molecule has 0 rings (SSSR count). The molecule has 3 nitrogen and oxygen atoms in total. The number of allylic oxidation sites excluding steroid dienone is 2. The summed E-state index contributed by atoms with van der Waals surface area (Å²) in [6.45, 7) is 15.8. The molecule has 0 aromatic rings. The van der Waals surface area contributed by atoms with E-state index in [4.69, 9.17) is 0 Å². The lowest BCUT2D eigenvalue weighted by Gasteiger charge is -2.46. The predicted octanol–water partition coefficient (Wildman–Crippen LogP) is 4.32. The lowest BCUT2D eigenvalue weighted by Crippen LogP contribution is -2.58. The molecular formula is C12H24F3NO2Si2. The Bertz CT molecular complexity index is 392. The van der Waals surface area contributed by atoms with Crippen LogP contribution in [0.2, 0.25) is 39.3 Å². The molecule has 0 saturated heterocycles. The maximum absolute atomic E-state index is 12.2. The van der Waals surface area contributed by atoms with Crippen LogP contribution in [0.15, 0.2) is 11.5 Å². The second kappa shape index (κ2) is 5.92. The van der Waals surface area contributed by atoms with E-state index < -0.39 is 28.6 Å². The van der Waals surface area contributed by atoms with Crippen molar-refractivity contribution in [1.29, 1.82) is 0 Å². The molecular weight excluding hydrogens is 303 g/mol. The van der Waals surface area contributed by atoms with Gasteiger partial charge >= 0.3 is 12.1 Å². The zero-order valence-corrected chi connectivity index (χ0v) is 15.4. The van der Waals surface area contributed by atoms with Crippen LogP contribution in [0.4, 0.5) is 13.2 Å². The van der Waals surface area contributed by atoms with Gasteiger partial charge in [-0.15, -0.1) is 0 Å². The topological polar surface area (TPSA) is 29.5 Å². The van der Waals surface area contributed by atoms with E-state index in [0.717, 1.165) is 0 Å². The fraction of sp³-hybridized carbons (Fsp3) is 0.750. The molecule has 8 heteroatoms. The number of alkyl halides is 3. The minimum atomic E-state index is -4.97. The average Bonchev–Trinajstić information content (AvgIpc) is 2.10. The van der Waals surface area contributed by atoms with E-state index in [1.807, 2.05) is 0 Å². The molecule has 0 unspecified atom stereocenters. The fourth-order valence-electron chi connectivity index (χ4n) is 2.44. The number of halogens is 3. The van der Waals surface area contributed by atoms with Crippen LogP contribution in [0.3, 0.4) is 0 Å². The van der Waals surface area contributed by atoms with Gasteiger partial charge in [0.05, 0.1) is 0 Å². The second-order valence-corrected chi connectivity index (χ2v) is 16.7. The third-order valence-corrected chi connectivity index (χ3v) is 10.0. The molecule has 0 aliphatic carbocycles. The van der Waals surface area contributed by atoms with Gasteiger partial charge in [0.2, 0.25) is 0 Å². The summed E-state index contributed by atoms with van der Waals surface area (Å²) in [4.78, 5) is 10.9. The van der Waals surface area contributed by atoms with Crippen LogP contribution in [0.5, 0.6) is 0 Å². The van der Waals surface area contributed by atoms with Crippen molar-refractivity contribution >= 4 is 22.4 Å². The summed E-state index contributed by atoms with van der Waals surface area (Å²) in [7, 11) is -3.56. The largest absolute Gasteiger partial charge is 0.491 e. The van der Waals surface area contributed by atoms with Crippen LogP contribution in [0.1, 0.15) is 13.8 Å². The summed E-state index contributed by atoms with van der Waals surface area (Å²) >= 11 is 0. The first kappa shape index (κ1) is 19.2. The van der Waals surface area contributed by atoms with Crippen molar-refractivity contribution < 1.29 is 22.7 Å². The van der Waals surface area contributed by atoms with Gasteiger partial charge in [-0.3, -0.25) is 0 Å². The highest BCUT2D eigenvalue weighted by Gasteiger charge is 2.42. The molecule has 0 heterocycles. The highest BCUT2D eigenvalue weighted by Crippen LogP contribution is 2.28. The van der Waals surface area contributed by atoms with E-state index in [1.165, 1.54) is 6.92 Å². The van der Waals surface area contributed by atoms with Crippen molar-refractivity contribution in [3.63, 3.8) is 0 Å². The molecule has 20 heavy (non-hydrogen) atoms. The molecule has 0 radical (unpaired) electrons. The number of carbonyl (C=O) groups is 1. The molecule has 0 fully saturated rings. The zero-order chi connectivity index (χ0) is 16.5. The molecule has 118 valence electrons. The number of rotatable bonds is 4. The smallest absolute Gasteiger partial charge is 0.425 e. The van der Waals surface area contributed by atoms with Gasteiger partial charge in [0.1, 0.15) is 22.2 Å². The van der Waals surface area contributed by atoms with Crippen LogP contribution in [0.25, 0.3) is 0 Å². The van der Waals surface area contributed by atoms with Crippen molar-refractivity contribution in [3.8, 4) is 0 Å². The predicted molar refractivity (Wildman–Crippen MR) is 79.1 cm³/mol. The lowest BCUT2D eigenvalue weighted by molar-refractivity contribution is -0.195. The number of nitrogens with zero attached hydrogens (tertiary/aromatic N) is 1. The SMILES string of the molecule is C/C(OC(=O)C(F)(F)F)=C(\C)N([Si](C)(C)C)[Si](C)(C)C. The first-order chi connectivity index (χ1) is 8.58. The number of hydrogen-bond donors (Lipinski definition) is 0. The third kappa shape index (κ3) is 5.31. The summed E-state index contributed by atoms with van der Waals surface area (Å²) in [6, 6.07) is 0. The highest BCUT2D eigenvalue weighted by atomic mass is 28.4. The molecule has 0 atom stereocenters. The quantitative estimate of drug-likeness (QED) is 0.438. The molecule has 0 aromatic carbocycles. The standard InChI is InChI=1S/C12H24F3NO2Si2/c1-9(10(2)18-11(17)12(13,14)15)16(19(3,4)5)20(6,7)8/h1-8H3/b10-9-. The molecule has 0 amide bonds. The van der Waals surface area contributed by atoms with Crippen molar-refractivity contribution in [2.24, 2.45) is 0 Å². The normalized spacial score (nSPS) is 14.8. The van der Waals surface area contributed by atoms with E-state index in [0.29, 0.717) is 5.70 Å². The lowest BCUT2D eigenvalue weighted by atomic mass is 10.4. The van der Waals surface area contributed by atoms with Crippen molar-refractivity contribution in [1.82, 2.24) is 4.23 Å². The Hall–Kier alpha value is -0.766. The Morgan fingerprint density at radius 1 is 0.950 bits per heavy atom. The zero-order valence-electron chi connectivity index (χ0n) is 13.4. The summed E-state index contributed by atoms with van der Waals surface area (Å²) in [5.41, 5.74) is 0.626. The van der Waals surface area contributed by atoms with Crippen LogP contribution >= 0.6 is 0 Å². The van der Waals surface area contributed by atoms with Crippen molar-refractivity contribution in [2.45, 2.75) is 59.3 Å². The maximum Gasteiger partial charge on any atom is 0.491 e. The molecule has 0 aliphatic rings. The number of ether oxygens (including phenoxy) is 1. The molecule has 0 saturated carbocycles. The van der Waals surface area contributed by atoms with Crippen LogP contribution < -0.4 is 0 Å². The van der Waals surface area contributed by atoms with Crippen LogP contribution in [-0.2, 0) is 9.53 Å². The van der Waals surface area contributed by atoms with E-state index in [9.17, 15) is 18.0 Å². The molecule has 0 aromatic heterocycles. The average molecular weight is 327 g/mol. The Balaban J connectivity index is 5.50. The van der Waals surface area contributed by atoms with Crippen LogP contribution in [-0.4, -0.2) is 32.8 Å². The number of carbonyl (C=O) groups excluding carboxylic acids is 1. The van der Waals surface area contributed by atoms with Crippen molar-refractivity contribution in [2.75, 3.05) is 0 Å². The van der Waals surface area contributed by atoms with Gasteiger partial charge in [0.25, 0.3) is 0 Å². The maximum atomic E-state index is 12.2. The third-order valence-electron chi connectivity index (χ3n) is 2.66. The summed E-state index contributed by atoms with van der Waals surface area (Å²) in [5.74, 6) is -2.14. The van der Waals surface area contributed by atoms with E-state index >= 15 is 0 Å². The number of esters is 1. The molecule has 0 N–H and O–H groups in total. The van der Waals surface area contributed by atoms with Gasteiger partial charge in [-0.05, 0) is 13.8 Å². The minimum Gasteiger partial charge on any atom is -0.425 e. The summed E-state index contributed by atoms with van der Waals surface area (Å²) in [5, 5.41) is 0. The van der Waals surface area contributed by atoms with Crippen LogP contribution in [0, 0.1) is 0 Å². The Morgan fingerprint density at radius 3 is 1.55 bits per heavy atom. The minimum absolute atomic E-state index is 0.0252. The Kier molecular flexibility index (Phi) is 5.70. The molecule has 0 bridgehead atoms. The summed E-state index contributed by atoms with van der Waals surface area (Å²) in [6.07, 6.45) is -4.97. The van der Waals surface area contributed by atoms with Gasteiger partial charge < -0.3 is 8.97 Å². The van der Waals surface area contributed by atoms with Gasteiger partial charge in [-0.2, -0.15) is 13.2 Å².